The zero-order valence-corrected chi connectivity index (χ0v) is 8.66. The van der Waals surface area contributed by atoms with E-state index in [9.17, 15) is 0 Å². The summed E-state index contributed by atoms with van der Waals surface area (Å²) in [6.07, 6.45) is 0. The molecule has 0 heterocycles. The van der Waals surface area contributed by atoms with Crippen molar-refractivity contribution in [1.29, 1.82) is 0 Å². The fourth-order valence-electron chi connectivity index (χ4n) is 0. The topological polar surface area (TPSA) is 0 Å². The fourth-order valence-corrected chi connectivity index (χ4v) is 0. The molecule has 0 aliphatic heterocycles. The summed E-state index contributed by atoms with van der Waals surface area (Å²) in [5.74, 6) is 0. The van der Waals surface area contributed by atoms with Crippen molar-refractivity contribution < 1.29 is 56.4 Å². The molecular weight excluding hydrogens is 364 g/mol. The van der Waals surface area contributed by atoms with E-state index in [2.05, 4.69) is 9.82 Å². The second-order valence-corrected chi connectivity index (χ2v) is 0. The summed E-state index contributed by atoms with van der Waals surface area (Å²) in [6.45, 7) is 0. The summed E-state index contributed by atoms with van der Waals surface area (Å²) in [7, 11) is 4.17. The number of hydrogen-bond donors (Lipinski definition) is 0. The summed E-state index contributed by atoms with van der Waals surface area (Å²) in [5, 5.41) is 0. The van der Waals surface area contributed by atoms with Crippen molar-refractivity contribution in [3.63, 3.8) is 0 Å². The molecule has 0 aromatic carbocycles. The average Bonchev–Trinajstić information content (AvgIpc) is 1.00. The third-order valence-corrected chi connectivity index (χ3v) is 0. The van der Waals surface area contributed by atoms with Gasteiger partial charge in [0.05, 0.1) is 0 Å². The normalized spacial score (nSPS) is 1.00. The molecule has 0 nitrogen and oxygen atoms in total. The zero-order chi connectivity index (χ0) is 2.00. The molecule has 0 unspecified atom stereocenters. The van der Waals surface area contributed by atoms with Crippen molar-refractivity contribution in [1.82, 2.24) is 0 Å². The molecule has 0 amide bonds. The predicted octanol–water partition coefficient (Wildman–Crippen LogP) is 0.641. The van der Waals surface area contributed by atoms with Gasteiger partial charge in [0.2, 0.25) is 0 Å². The van der Waals surface area contributed by atoms with Crippen LogP contribution < -0.4 is 0 Å². The van der Waals surface area contributed by atoms with E-state index < -0.39 is 0 Å². The Morgan fingerprint density at radius 2 is 1.25 bits per heavy atom. The van der Waals surface area contributed by atoms with Crippen LogP contribution in [0.25, 0.3) is 0 Å². The summed E-state index contributed by atoms with van der Waals surface area (Å²) in [5.41, 5.74) is 0. The van der Waals surface area contributed by atoms with Crippen LogP contribution in [-0.4, -0.2) is 0 Å². The van der Waals surface area contributed by atoms with Gasteiger partial charge in [-0.1, -0.05) is 0 Å². The van der Waals surface area contributed by atoms with E-state index in [1.807, 2.05) is 0 Å². The first-order valence-corrected chi connectivity index (χ1v) is 4.09. The minimum absolute atomic E-state index is 0. The molecule has 0 aromatic rings. The maximum absolute atomic E-state index is 4.17. The Labute approximate surface area is 65.5 Å². The van der Waals surface area contributed by atoms with Gasteiger partial charge in [-0.15, -0.1) is 0 Å². The van der Waals surface area contributed by atoms with Crippen molar-refractivity contribution in [2.24, 2.45) is 0 Å². The van der Waals surface area contributed by atoms with Crippen molar-refractivity contribution in [3.8, 4) is 0 Å². The minimum atomic E-state index is 0. The van der Waals surface area contributed by atoms with Gasteiger partial charge in [-0.2, -0.15) is 0 Å². The predicted molar refractivity (Wildman–Crippen MR) is 7.59 cm³/mol. The van der Waals surface area contributed by atoms with Gasteiger partial charge in [0.15, 0.2) is 0 Å². The van der Waals surface area contributed by atoms with Crippen LogP contribution in [0.2, 0.25) is 0 Å². The number of rotatable bonds is 0. The first-order chi connectivity index (χ1) is 1.00. The fraction of sp³-hybridized carbons (Fsp3) is 0. The van der Waals surface area contributed by atoms with Crippen molar-refractivity contribution in [3.05, 3.63) is 0 Å². The molecule has 0 atom stereocenters. The second kappa shape index (κ2) is 19.3. The first-order valence-electron chi connectivity index (χ1n) is 0.167. The van der Waals surface area contributed by atoms with Gasteiger partial charge in [0.1, 0.15) is 0 Å². The Morgan fingerprint density at radius 1 is 1.25 bits per heavy atom. The van der Waals surface area contributed by atoms with Crippen LogP contribution in [0.1, 0.15) is 0 Å². The third-order valence-electron chi connectivity index (χ3n) is 0. The molecule has 0 rings (SSSR count). The van der Waals surface area contributed by atoms with Gasteiger partial charge in [0.25, 0.3) is 0 Å². The molecule has 24 valence electrons. The second-order valence-electron chi connectivity index (χ2n) is 0. The molecule has 0 aliphatic rings. The van der Waals surface area contributed by atoms with E-state index >= 15 is 0 Å². The molecule has 0 radical (unpaired) electrons. The van der Waals surface area contributed by atoms with Crippen molar-refractivity contribution >= 4 is 9.82 Å². The monoisotopic (exact) mass is 366 g/mol. The molecule has 4 heteroatoms. The molecule has 0 N–H and O–H groups in total. The molecule has 4 heavy (non-hydrogen) atoms. The van der Waals surface area contributed by atoms with Gasteiger partial charge in [-0.25, -0.2) is 0 Å². The van der Waals surface area contributed by atoms with Crippen LogP contribution in [0.4, 0.5) is 0 Å². The SMILES string of the molecule is [Cr].[Mo].[S]=[W]. The average molecular weight is 364 g/mol. The van der Waals surface area contributed by atoms with Gasteiger partial charge >= 0.3 is 27.8 Å². The summed E-state index contributed by atoms with van der Waals surface area (Å²) in [6, 6.07) is 0. The molecule has 0 spiro atoms. The molecule has 0 aromatic heterocycles. The van der Waals surface area contributed by atoms with Crippen LogP contribution in [0.15, 0.2) is 0 Å². The standard InChI is InChI=1S/Cr.Mo.S.W. The van der Waals surface area contributed by atoms with Gasteiger partial charge in [0, 0.05) is 38.4 Å². The first kappa shape index (κ1) is 16.5. The van der Waals surface area contributed by atoms with Gasteiger partial charge in [-0.05, 0) is 0 Å². The molecule has 0 bridgehead atoms. The summed E-state index contributed by atoms with van der Waals surface area (Å²) in [4.78, 5) is 0. The van der Waals surface area contributed by atoms with Crippen molar-refractivity contribution in [2.75, 3.05) is 0 Å². The van der Waals surface area contributed by atoms with Gasteiger partial charge < -0.3 is 0 Å². The molecule has 0 saturated carbocycles. The molecule has 0 fully saturated rings. The van der Waals surface area contributed by atoms with E-state index in [-0.39, 0.29) is 38.4 Å². The van der Waals surface area contributed by atoms with E-state index in [4.69, 9.17) is 0 Å². The van der Waals surface area contributed by atoms with E-state index in [1.54, 1.807) is 0 Å². The Bertz CT molecular complexity index is 8.00. The Kier molecular flexibility index (Phi) is 79.4. The third kappa shape index (κ3) is 8.92. The van der Waals surface area contributed by atoms with Crippen LogP contribution >= 0.6 is 9.82 Å². The molecule has 0 saturated heterocycles. The number of hydrogen-bond acceptors (Lipinski definition) is 1. The van der Waals surface area contributed by atoms with Crippen LogP contribution in [0.5, 0.6) is 0 Å². The van der Waals surface area contributed by atoms with E-state index in [0.717, 1.165) is 0 Å². The quantitative estimate of drug-likeness (QED) is 0.569. The van der Waals surface area contributed by atoms with Crippen LogP contribution in [0.3, 0.4) is 0 Å². The molecule has 0 aliphatic carbocycles. The van der Waals surface area contributed by atoms with E-state index in [0.29, 0.717) is 0 Å². The van der Waals surface area contributed by atoms with Crippen LogP contribution in [0, 0.1) is 0 Å². The zero-order valence-electron chi connectivity index (χ0n) is 1.63. The van der Waals surface area contributed by atoms with Crippen molar-refractivity contribution in [2.45, 2.75) is 0 Å². The van der Waals surface area contributed by atoms with Gasteiger partial charge in [-0.3, -0.25) is 0 Å². The summed E-state index contributed by atoms with van der Waals surface area (Å²) < 4.78 is 0. The molecular formula is CrMoSW. The van der Waals surface area contributed by atoms with E-state index in [1.165, 1.54) is 18.0 Å². The Balaban J connectivity index is -0.00000000500. The van der Waals surface area contributed by atoms with Crippen LogP contribution in [-0.2, 0) is 56.4 Å². The Morgan fingerprint density at radius 3 is 1.25 bits per heavy atom. The Hall–Kier alpha value is 2.13. The maximum atomic E-state index is 4.17. The summed E-state index contributed by atoms with van der Waals surface area (Å²) >= 11 is 1.17.